The summed E-state index contributed by atoms with van der Waals surface area (Å²) in [6, 6.07) is 17.5. The van der Waals surface area contributed by atoms with Gasteiger partial charge in [-0.1, -0.05) is 77.5 Å². The Morgan fingerprint density at radius 2 is 1.54 bits per heavy atom. The summed E-state index contributed by atoms with van der Waals surface area (Å²) in [6.45, 7) is 6.38. The van der Waals surface area contributed by atoms with Crippen LogP contribution in [0, 0.1) is 13.8 Å². The van der Waals surface area contributed by atoms with Gasteiger partial charge in [-0.25, -0.2) is 4.99 Å². The van der Waals surface area contributed by atoms with Crippen molar-refractivity contribution in [2.24, 2.45) is 4.99 Å². The Labute approximate surface area is 159 Å². The first-order chi connectivity index (χ1) is 12.6. The number of thioether (sulfide) groups is 1. The largest absolute Gasteiger partial charge is 0.313 e. The maximum Gasteiger partial charge on any atom is 0.173 e. The first-order valence-electron chi connectivity index (χ1n) is 8.85. The van der Waals surface area contributed by atoms with Crippen molar-refractivity contribution in [3.63, 3.8) is 0 Å². The van der Waals surface area contributed by atoms with E-state index >= 15 is 0 Å². The zero-order chi connectivity index (χ0) is 18.1. The SMILES string of the molecule is CC1=CSC2=NC(/C=C/c3ccc(C)cc3)=CC(c3ccc(C)cc3)N12. The van der Waals surface area contributed by atoms with Gasteiger partial charge in [0, 0.05) is 5.70 Å². The Bertz CT molecular complexity index is 931. The summed E-state index contributed by atoms with van der Waals surface area (Å²) in [7, 11) is 0. The molecule has 130 valence electrons. The van der Waals surface area contributed by atoms with Gasteiger partial charge in [-0.15, -0.1) is 0 Å². The third-order valence-corrected chi connectivity index (χ3v) is 5.65. The average Bonchev–Trinajstić information content (AvgIpc) is 3.02. The standard InChI is InChI=1S/C23H22N2S/c1-16-4-8-19(9-5-16)10-13-21-14-22(20-11-6-17(2)7-12-20)25-18(3)15-26-23(25)24-21/h4-15,22H,1-3H3/b13-10+. The van der Waals surface area contributed by atoms with E-state index in [4.69, 9.17) is 4.99 Å². The molecule has 1 unspecified atom stereocenters. The zero-order valence-electron chi connectivity index (χ0n) is 15.3. The monoisotopic (exact) mass is 358 g/mol. The molecule has 0 amide bonds. The minimum Gasteiger partial charge on any atom is -0.313 e. The molecule has 0 spiro atoms. The fourth-order valence-electron chi connectivity index (χ4n) is 3.17. The molecular weight excluding hydrogens is 336 g/mol. The molecule has 2 aliphatic rings. The van der Waals surface area contributed by atoms with Crippen LogP contribution in [-0.4, -0.2) is 10.1 Å². The second-order valence-corrected chi connectivity index (χ2v) is 7.67. The molecule has 26 heavy (non-hydrogen) atoms. The maximum absolute atomic E-state index is 4.85. The van der Waals surface area contributed by atoms with Gasteiger partial charge in [-0.3, -0.25) is 0 Å². The predicted molar refractivity (Wildman–Crippen MR) is 113 cm³/mol. The molecule has 3 heteroatoms. The van der Waals surface area contributed by atoms with Gasteiger partial charge in [-0.2, -0.15) is 0 Å². The van der Waals surface area contributed by atoms with Crippen LogP contribution in [0.1, 0.15) is 35.2 Å². The van der Waals surface area contributed by atoms with E-state index < -0.39 is 0 Å². The highest BCUT2D eigenvalue weighted by Gasteiger charge is 2.30. The normalized spacial score (nSPS) is 19.3. The highest BCUT2D eigenvalue weighted by atomic mass is 32.2. The minimum atomic E-state index is 0.187. The summed E-state index contributed by atoms with van der Waals surface area (Å²) in [5.41, 5.74) is 7.30. The van der Waals surface area contributed by atoms with Crippen molar-refractivity contribution >= 4 is 23.0 Å². The molecule has 0 saturated carbocycles. The highest BCUT2D eigenvalue weighted by Crippen LogP contribution is 2.39. The number of hydrogen-bond acceptors (Lipinski definition) is 3. The fraction of sp³-hybridized carbons (Fsp3) is 0.174. The molecule has 0 saturated heterocycles. The van der Waals surface area contributed by atoms with Crippen LogP contribution in [0.25, 0.3) is 6.08 Å². The Balaban J connectivity index is 1.67. The molecule has 2 aliphatic heterocycles. The van der Waals surface area contributed by atoms with Crippen molar-refractivity contribution in [1.82, 2.24) is 4.90 Å². The van der Waals surface area contributed by atoms with Crippen LogP contribution < -0.4 is 0 Å². The number of amidine groups is 1. The van der Waals surface area contributed by atoms with E-state index in [0.29, 0.717) is 0 Å². The van der Waals surface area contributed by atoms with Crippen molar-refractivity contribution in [3.8, 4) is 0 Å². The number of benzene rings is 2. The minimum absolute atomic E-state index is 0.187. The van der Waals surface area contributed by atoms with Crippen molar-refractivity contribution in [3.05, 3.63) is 99.7 Å². The van der Waals surface area contributed by atoms with Crippen LogP contribution in [0.3, 0.4) is 0 Å². The van der Waals surface area contributed by atoms with Gasteiger partial charge in [0.2, 0.25) is 0 Å². The molecule has 2 nitrogen and oxygen atoms in total. The van der Waals surface area contributed by atoms with Gasteiger partial charge in [0.05, 0.1) is 11.7 Å². The Morgan fingerprint density at radius 3 is 2.23 bits per heavy atom. The summed E-state index contributed by atoms with van der Waals surface area (Å²) in [4.78, 5) is 7.17. The molecule has 0 aromatic heterocycles. The molecule has 0 bridgehead atoms. The lowest BCUT2D eigenvalue weighted by Gasteiger charge is -2.32. The molecule has 2 aromatic rings. The number of aliphatic imine (C=N–C) groups is 1. The quantitative estimate of drug-likeness (QED) is 0.647. The van der Waals surface area contributed by atoms with Crippen LogP contribution in [0.5, 0.6) is 0 Å². The molecule has 1 atom stereocenters. The number of fused-ring (bicyclic) bond motifs is 1. The predicted octanol–water partition coefficient (Wildman–Crippen LogP) is 6.22. The summed E-state index contributed by atoms with van der Waals surface area (Å²) < 4.78 is 0. The van der Waals surface area contributed by atoms with Crippen LogP contribution in [0.2, 0.25) is 0 Å². The van der Waals surface area contributed by atoms with E-state index in [0.717, 1.165) is 10.9 Å². The highest BCUT2D eigenvalue weighted by molar-refractivity contribution is 8.16. The number of rotatable bonds is 3. The van der Waals surface area contributed by atoms with Crippen LogP contribution in [-0.2, 0) is 0 Å². The summed E-state index contributed by atoms with van der Waals surface area (Å²) >= 11 is 1.70. The Morgan fingerprint density at radius 1 is 0.885 bits per heavy atom. The fourth-order valence-corrected chi connectivity index (χ4v) is 4.08. The Kier molecular flexibility index (Phi) is 4.56. The molecule has 0 fully saturated rings. The summed E-state index contributed by atoms with van der Waals surface area (Å²) in [5.74, 6) is 0. The van der Waals surface area contributed by atoms with Gasteiger partial charge in [0.1, 0.15) is 0 Å². The van der Waals surface area contributed by atoms with E-state index in [1.54, 1.807) is 11.8 Å². The van der Waals surface area contributed by atoms with Crippen molar-refractivity contribution in [1.29, 1.82) is 0 Å². The molecular formula is C23H22N2S. The van der Waals surface area contributed by atoms with Crippen molar-refractivity contribution < 1.29 is 0 Å². The topological polar surface area (TPSA) is 15.6 Å². The van der Waals surface area contributed by atoms with Gasteiger partial charge in [0.25, 0.3) is 0 Å². The maximum atomic E-state index is 4.85. The number of nitrogens with zero attached hydrogens (tertiary/aromatic N) is 2. The molecule has 2 aromatic carbocycles. The molecule has 0 radical (unpaired) electrons. The van der Waals surface area contributed by atoms with E-state index in [1.807, 2.05) is 0 Å². The van der Waals surface area contributed by atoms with Crippen LogP contribution >= 0.6 is 11.8 Å². The number of hydrogen-bond donors (Lipinski definition) is 0. The lowest BCUT2D eigenvalue weighted by molar-refractivity contribution is 0.452. The number of allylic oxidation sites excluding steroid dienone is 2. The smallest absolute Gasteiger partial charge is 0.173 e. The van der Waals surface area contributed by atoms with E-state index in [1.165, 1.54) is 28.0 Å². The Hall–Kier alpha value is -2.52. The third kappa shape index (κ3) is 3.40. The second-order valence-electron chi connectivity index (χ2n) is 6.83. The second kappa shape index (κ2) is 7.00. The van der Waals surface area contributed by atoms with Gasteiger partial charge < -0.3 is 4.90 Å². The van der Waals surface area contributed by atoms with Crippen molar-refractivity contribution in [2.75, 3.05) is 0 Å². The summed E-state index contributed by atoms with van der Waals surface area (Å²) in [5, 5.41) is 3.24. The van der Waals surface area contributed by atoms with E-state index in [-0.39, 0.29) is 6.04 Å². The molecule has 0 aliphatic carbocycles. The number of aryl methyl sites for hydroxylation is 2. The lowest BCUT2D eigenvalue weighted by atomic mass is 10.0. The zero-order valence-corrected chi connectivity index (χ0v) is 16.1. The molecule has 0 N–H and O–H groups in total. The van der Waals surface area contributed by atoms with Crippen molar-refractivity contribution in [2.45, 2.75) is 26.8 Å². The van der Waals surface area contributed by atoms with E-state index in [2.05, 4.69) is 97.8 Å². The van der Waals surface area contributed by atoms with E-state index in [9.17, 15) is 0 Å². The van der Waals surface area contributed by atoms with Crippen LogP contribution in [0.4, 0.5) is 0 Å². The van der Waals surface area contributed by atoms with Gasteiger partial charge in [0.15, 0.2) is 5.17 Å². The van der Waals surface area contributed by atoms with Gasteiger partial charge >= 0.3 is 0 Å². The summed E-state index contributed by atoms with van der Waals surface area (Å²) in [6.07, 6.45) is 6.50. The average molecular weight is 359 g/mol. The first kappa shape index (κ1) is 16.9. The van der Waals surface area contributed by atoms with Crippen LogP contribution in [0.15, 0.2) is 82.5 Å². The molecule has 4 rings (SSSR count). The molecule has 2 heterocycles. The van der Waals surface area contributed by atoms with Gasteiger partial charge in [-0.05, 0) is 49.5 Å². The first-order valence-corrected chi connectivity index (χ1v) is 9.72. The third-order valence-electron chi connectivity index (χ3n) is 4.70. The lowest BCUT2D eigenvalue weighted by Crippen LogP contribution is -2.30.